The van der Waals surface area contributed by atoms with E-state index in [2.05, 4.69) is 4.98 Å². The maximum absolute atomic E-state index is 12.3. The van der Waals surface area contributed by atoms with Crippen LogP contribution in [0.5, 0.6) is 0 Å². The second-order valence-electron chi connectivity index (χ2n) is 1.70. The van der Waals surface area contributed by atoms with Crippen LogP contribution in [-0.4, -0.2) is 0 Å². The molecule has 0 spiro atoms. The summed E-state index contributed by atoms with van der Waals surface area (Å²) >= 11 is 5.44. The molecule has 50 valence electrons. The third-order valence-electron chi connectivity index (χ3n) is 1.02. The summed E-state index contributed by atoms with van der Waals surface area (Å²) in [6.07, 6.45) is 0. The van der Waals surface area contributed by atoms with Gasteiger partial charge in [0.2, 0.25) is 5.39 Å². The van der Waals surface area contributed by atoms with Crippen LogP contribution in [0.3, 0.4) is 0 Å². The van der Waals surface area contributed by atoms with E-state index in [-0.39, 0.29) is 10.7 Å². The largest absolute Gasteiger partial charge is 0.403 e. The van der Waals surface area contributed by atoms with Gasteiger partial charge in [0.1, 0.15) is 10.8 Å². The van der Waals surface area contributed by atoms with Crippen LogP contribution in [0.2, 0.25) is 5.02 Å². The smallest absolute Gasteiger partial charge is 0.207 e. The Balaban J connectivity index is 3.23. The highest BCUT2D eigenvalue weighted by Gasteiger charge is 2.10. The summed E-state index contributed by atoms with van der Waals surface area (Å²) in [5.74, 6) is -0.447. The zero-order valence-corrected chi connectivity index (χ0v) is 5.64. The van der Waals surface area contributed by atoms with Gasteiger partial charge in [-0.25, -0.2) is 4.39 Å². The minimum Gasteiger partial charge on any atom is -0.207 e. The number of hydrogen-bond acceptors (Lipinski definition) is 1. The first-order valence-electron chi connectivity index (χ1n) is 2.54. The van der Waals surface area contributed by atoms with Crippen molar-refractivity contribution in [1.29, 1.82) is 5.39 Å². The Morgan fingerprint density at radius 3 is 2.70 bits per heavy atom. The summed E-state index contributed by atoms with van der Waals surface area (Å²) in [5.41, 5.74) is 0.170. The first kappa shape index (κ1) is 6.97. The molecule has 0 atom stereocenters. The molecule has 1 aromatic carbocycles. The van der Waals surface area contributed by atoms with Crippen molar-refractivity contribution in [3.8, 4) is 0 Å². The monoisotopic (exact) mass is 157 g/mol. The number of nitrogens with zero attached hydrogens (tertiary/aromatic N) is 2. The molecule has 0 radical (unpaired) electrons. The fraction of sp³-hybridized carbons (Fsp3) is 0. The van der Waals surface area contributed by atoms with Gasteiger partial charge in [0.05, 0.1) is 0 Å². The molecule has 10 heavy (non-hydrogen) atoms. The van der Waals surface area contributed by atoms with Crippen LogP contribution in [0, 0.1) is 11.2 Å². The van der Waals surface area contributed by atoms with Gasteiger partial charge in [0.15, 0.2) is 4.98 Å². The first-order chi connectivity index (χ1) is 4.74. The molecule has 0 aromatic heterocycles. The van der Waals surface area contributed by atoms with Gasteiger partial charge in [-0.1, -0.05) is 11.6 Å². The van der Waals surface area contributed by atoms with Crippen molar-refractivity contribution in [2.75, 3.05) is 0 Å². The number of hydrogen-bond donors (Lipinski definition) is 0. The van der Waals surface area contributed by atoms with E-state index in [0.29, 0.717) is 0 Å². The van der Waals surface area contributed by atoms with E-state index in [1.807, 2.05) is 0 Å². The molecule has 0 bridgehead atoms. The Bertz CT molecular complexity index is 292. The summed E-state index contributed by atoms with van der Waals surface area (Å²) in [7, 11) is 0. The summed E-state index contributed by atoms with van der Waals surface area (Å²) < 4.78 is 12.3. The van der Waals surface area contributed by atoms with Gasteiger partial charge < -0.3 is 0 Å². The highest BCUT2D eigenvalue weighted by Crippen LogP contribution is 2.24. The molecular formula is C6H3ClFN2+. The van der Waals surface area contributed by atoms with Gasteiger partial charge in [0.25, 0.3) is 0 Å². The van der Waals surface area contributed by atoms with Crippen LogP contribution in [0.25, 0.3) is 4.98 Å². The second-order valence-corrected chi connectivity index (χ2v) is 2.10. The van der Waals surface area contributed by atoms with Crippen LogP contribution in [-0.2, 0) is 0 Å². The average molecular weight is 158 g/mol. The predicted molar refractivity (Wildman–Crippen MR) is 36.2 cm³/mol. The number of benzene rings is 1. The Morgan fingerprint density at radius 1 is 1.50 bits per heavy atom. The molecule has 0 amide bonds. The number of rotatable bonds is 0. The van der Waals surface area contributed by atoms with Crippen molar-refractivity contribution < 1.29 is 4.39 Å². The summed E-state index contributed by atoms with van der Waals surface area (Å²) in [6.45, 7) is 0. The molecule has 0 saturated carbocycles. The van der Waals surface area contributed by atoms with Crippen LogP contribution in [0.4, 0.5) is 10.1 Å². The fourth-order valence-corrected chi connectivity index (χ4v) is 0.767. The molecule has 1 aromatic rings. The lowest BCUT2D eigenvalue weighted by molar-refractivity contribution is 0.628. The Morgan fingerprint density at radius 2 is 2.20 bits per heavy atom. The van der Waals surface area contributed by atoms with E-state index in [1.165, 1.54) is 12.1 Å². The summed E-state index contributed by atoms with van der Waals surface area (Å²) in [5, 5.41) is 8.33. The molecule has 0 aliphatic rings. The normalized spacial score (nSPS) is 8.90. The molecule has 4 heteroatoms. The SMILES string of the molecule is N#[N+]c1ccc(F)cc1Cl. The van der Waals surface area contributed by atoms with Crippen LogP contribution >= 0.6 is 11.6 Å². The lowest BCUT2D eigenvalue weighted by Crippen LogP contribution is -1.70. The van der Waals surface area contributed by atoms with E-state index in [4.69, 9.17) is 17.0 Å². The molecule has 0 N–H and O–H groups in total. The highest BCUT2D eigenvalue weighted by atomic mass is 35.5. The number of diazo groups is 1. The zero-order valence-electron chi connectivity index (χ0n) is 4.88. The van der Waals surface area contributed by atoms with Crippen LogP contribution < -0.4 is 0 Å². The quantitative estimate of drug-likeness (QED) is 0.532. The van der Waals surface area contributed by atoms with Crippen LogP contribution in [0.1, 0.15) is 0 Å². The Labute approximate surface area is 61.9 Å². The summed E-state index contributed by atoms with van der Waals surface area (Å²) in [4.78, 5) is 2.81. The first-order valence-corrected chi connectivity index (χ1v) is 2.92. The van der Waals surface area contributed by atoms with Crippen molar-refractivity contribution in [2.45, 2.75) is 0 Å². The van der Waals surface area contributed by atoms with E-state index in [1.54, 1.807) is 0 Å². The van der Waals surface area contributed by atoms with Crippen LogP contribution in [0.15, 0.2) is 18.2 Å². The van der Waals surface area contributed by atoms with Gasteiger partial charge in [-0.3, -0.25) is 0 Å². The van der Waals surface area contributed by atoms with Crippen molar-refractivity contribution in [1.82, 2.24) is 0 Å². The van der Waals surface area contributed by atoms with Gasteiger partial charge >= 0.3 is 5.69 Å². The third-order valence-corrected chi connectivity index (χ3v) is 1.32. The van der Waals surface area contributed by atoms with E-state index >= 15 is 0 Å². The minimum atomic E-state index is -0.447. The minimum absolute atomic E-state index is 0.0995. The zero-order chi connectivity index (χ0) is 7.56. The molecule has 0 unspecified atom stereocenters. The maximum Gasteiger partial charge on any atom is 0.403 e. The highest BCUT2D eigenvalue weighted by molar-refractivity contribution is 6.33. The molecule has 0 aliphatic heterocycles. The van der Waals surface area contributed by atoms with Gasteiger partial charge in [-0.15, -0.1) is 0 Å². The van der Waals surface area contributed by atoms with E-state index in [9.17, 15) is 4.39 Å². The van der Waals surface area contributed by atoms with Crippen molar-refractivity contribution in [3.63, 3.8) is 0 Å². The molecule has 0 saturated heterocycles. The lowest BCUT2D eigenvalue weighted by Gasteiger charge is -1.83. The molecular weight excluding hydrogens is 155 g/mol. The van der Waals surface area contributed by atoms with Crippen molar-refractivity contribution in [2.24, 2.45) is 0 Å². The molecule has 1 rings (SSSR count). The van der Waals surface area contributed by atoms with E-state index < -0.39 is 5.82 Å². The van der Waals surface area contributed by atoms with E-state index in [0.717, 1.165) is 6.07 Å². The molecule has 0 aliphatic carbocycles. The average Bonchev–Trinajstić information content (AvgIpc) is 1.88. The Kier molecular flexibility index (Phi) is 1.83. The second kappa shape index (κ2) is 2.63. The van der Waals surface area contributed by atoms with Gasteiger partial charge in [0, 0.05) is 12.1 Å². The predicted octanol–water partition coefficient (Wildman–Crippen LogP) is 2.96. The Hall–Kier alpha value is -1.14. The standard InChI is InChI=1S/C6H3ClFN2/c7-5-3-4(8)1-2-6(5)10-9/h1-3H/q+1. The summed E-state index contributed by atoms with van der Waals surface area (Å²) in [6, 6.07) is 3.54. The maximum atomic E-state index is 12.3. The van der Waals surface area contributed by atoms with Gasteiger partial charge in [-0.2, -0.15) is 0 Å². The fourth-order valence-electron chi connectivity index (χ4n) is 0.562. The molecule has 0 fully saturated rings. The van der Waals surface area contributed by atoms with Gasteiger partial charge in [-0.05, 0) is 6.07 Å². The number of halogens is 2. The lowest BCUT2D eigenvalue weighted by atomic mass is 10.3. The van der Waals surface area contributed by atoms with Crippen molar-refractivity contribution in [3.05, 3.63) is 34.0 Å². The third kappa shape index (κ3) is 1.23. The molecule has 0 heterocycles. The topological polar surface area (TPSA) is 28.1 Å². The van der Waals surface area contributed by atoms with Crippen molar-refractivity contribution >= 4 is 17.3 Å². The molecule has 2 nitrogen and oxygen atoms in total.